The Balaban J connectivity index is -0.00000182. The first-order chi connectivity index (χ1) is 11.8. The van der Waals surface area contributed by atoms with E-state index in [-0.39, 0.29) is 65.7 Å². The van der Waals surface area contributed by atoms with Crippen LogP contribution in [-0.4, -0.2) is 15.0 Å². The number of benzene rings is 1. The van der Waals surface area contributed by atoms with Crippen molar-refractivity contribution in [2.24, 2.45) is 0 Å². The summed E-state index contributed by atoms with van der Waals surface area (Å²) >= 11 is 0. The summed E-state index contributed by atoms with van der Waals surface area (Å²) in [6, 6.07) is 6.78. The molecule has 0 spiro atoms. The molecule has 1 aromatic rings. The summed E-state index contributed by atoms with van der Waals surface area (Å²) in [4.78, 5) is 2.36. The molecule has 1 aromatic carbocycles. The SMILES string of the molecule is CC(C)c1cccc(C(C)C)c1N1[CH]N(P(C(C)(C)C)C(C)(C)C)C=C1.[Cl-].[Cl-].[HH].[Pt+2]. The van der Waals surface area contributed by atoms with Crippen LogP contribution in [0.3, 0.4) is 0 Å². The molecule has 0 unspecified atom stereocenters. The number of para-hydroxylation sites is 1. The van der Waals surface area contributed by atoms with Crippen LogP contribution in [0.15, 0.2) is 30.6 Å². The van der Waals surface area contributed by atoms with Gasteiger partial charge in [-0.2, -0.15) is 0 Å². The summed E-state index contributed by atoms with van der Waals surface area (Å²) in [5.74, 6) is 1.01. The summed E-state index contributed by atoms with van der Waals surface area (Å²) in [6.45, 7) is 25.7. The Bertz CT molecular complexity index is 630. The van der Waals surface area contributed by atoms with Crippen molar-refractivity contribution >= 4 is 13.8 Å². The largest absolute Gasteiger partial charge is 2.00 e. The zero-order valence-corrected chi connectivity index (χ0v) is 24.2. The fourth-order valence-electron chi connectivity index (χ4n) is 4.10. The molecule has 29 heavy (non-hydrogen) atoms. The quantitative estimate of drug-likeness (QED) is 0.464. The van der Waals surface area contributed by atoms with Crippen molar-refractivity contribution in [3.05, 3.63) is 48.4 Å². The zero-order valence-electron chi connectivity index (χ0n) is 19.5. The van der Waals surface area contributed by atoms with E-state index in [1.807, 2.05) is 0 Å². The van der Waals surface area contributed by atoms with E-state index >= 15 is 0 Å². The average Bonchev–Trinajstić information content (AvgIpc) is 2.91. The maximum absolute atomic E-state index is 2.48. The molecule has 0 aromatic heterocycles. The fraction of sp³-hybridized carbons (Fsp3) is 0.609. The van der Waals surface area contributed by atoms with Crippen LogP contribution in [0.5, 0.6) is 0 Å². The Morgan fingerprint density at radius 1 is 0.793 bits per heavy atom. The molecule has 0 atom stereocenters. The van der Waals surface area contributed by atoms with Gasteiger partial charge in [-0.1, -0.05) is 87.4 Å². The first kappa shape index (κ1) is 31.4. The van der Waals surface area contributed by atoms with E-state index in [4.69, 9.17) is 0 Å². The van der Waals surface area contributed by atoms with Crippen LogP contribution < -0.4 is 29.7 Å². The van der Waals surface area contributed by atoms with E-state index in [2.05, 4.69) is 116 Å². The Labute approximate surface area is 209 Å². The molecule has 1 aliphatic rings. The number of nitrogens with zero attached hydrogens (tertiary/aromatic N) is 2. The molecule has 0 aliphatic carbocycles. The van der Waals surface area contributed by atoms with E-state index in [9.17, 15) is 0 Å². The first-order valence-electron chi connectivity index (χ1n) is 9.87. The summed E-state index contributed by atoms with van der Waals surface area (Å²) in [5.41, 5.74) is 4.22. The van der Waals surface area contributed by atoms with E-state index in [0.29, 0.717) is 11.8 Å². The third-order valence-electron chi connectivity index (χ3n) is 4.73. The van der Waals surface area contributed by atoms with Crippen LogP contribution in [-0.2, 0) is 21.1 Å². The molecule has 2 rings (SSSR count). The van der Waals surface area contributed by atoms with Crippen molar-refractivity contribution in [1.29, 1.82) is 0 Å². The third-order valence-corrected chi connectivity index (χ3v) is 7.97. The number of halogens is 2. The number of hydrogen-bond donors (Lipinski definition) is 0. The maximum atomic E-state index is 2.48. The Kier molecular flexibility index (Phi) is 12.7. The van der Waals surface area contributed by atoms with Crippen LogP contribution >= 0.6 is 8.07 Å². The van der Waals surface area contributed by atoms with Gasteiger partial charge in [-0.05, 0) is 23.0 Å². The Morgan fingerprint density at radius 2 is 1.21 bits per heavy atom. The molecule has 1 heterocycles. The smallest absolute Gasteiger partial charge is 1.00 e. The molecule has 1 aliphatic heterocycles. The van der Waals surface area contributed by atoms with Gasteiger partial charge >= 0.3 is 21.1 Å². The van der Waals surface area contributed by atoms with Crippen molar-refractivity contribution < 1.29 is 47.3 Å². The van der Waals surface area contributed by atoms with E-state index < -0.39 is 0 Å². The molecule has 0 fully saturated rings. The van der Waals surface area contributed by atoms with Gasteiger partial charge in [-0.15, -0.1) is 0 Å². The molecular formula is C23H40Cl2N2PPt. The van der Waals surface area contributed by atoms with Gasteiger partial charge in [0, 0.05) is 37.9 Å². The van der Waals surface area contributed by atoms with Gasteiger partial charge in [0.25, 0.3) is 0 Å². The molecule has 171 valence electrons. The molecule has 1 radical (unpaired) electrons. The number of hydrogen-bond acceptors (Lipinski definition) is 2. The van der Waals surface area contributed by atoms with Crippen molar-refractivity contribution in [3.63, 3.8) is 0 Å². The van der Waals surface area contributed by atoms with E-state index in [1.165, 1.54) is 16.8 Å². The molecule has 0 saturated heterocycles. The van der Waals surface area contributed by atoms with Crippen molar-refractivity contribution in [3.8, 4) is 0 Å². The fourth-order valence-corrected chi connectivity index (χ4v) is 7.91. The van der Waals surface area contributed by atoms with E-state index in [1.54, 1.807) is 0 Å². The van der Waals surface area contributed by atoms with E-state index in [0.717, 1.165) is 0 Å². The predicted octanol–water partition coefficient (Wildman–Crippen LogP) is 1.89. The number of anilines is 1. The van der Waals surface area contributed by atoms with Gasteiger partial charge in [0.15, 0.2) is 0 Å². The van der Waals surface area contributed by atoms with Crippen molar-refractivity contribution in [2.75, 3.05) is 4.90 Å². The monoisotopic (exact) mass is 640 g/mol. The van der Waals surface area contributed by atoms with Crippen LogP contribution in [0.25, 0.3) is 0 Å². The standard InChI is InChI=1S/C23H38N2P.2ClH.Pt.H2/c1-17(2)19-12-11-13-20(18(3)4)21(19)24-14-15-25(16-24)26(22(5,6)7)23(8,9)10;;;;/h11-18H,1-10H3;2*1H;;1H/q;;;+2;/p-2. The topological polar surface area (TPSA) is 6.48 Å². The molecule has 0 amide bonds. The molecule has 0 N–H and O–H groups in total. The second kappa shape index (κ2) is 11.8. The van der Waals surface area contributed by atoms with Crippen molar-refractivity contribution in [1.82, 2.24) is 4.67 Å². The maximum Gasteiger partial charge on any atom is 2.00 e. The molecule has 0 bridgehead atoms. The normalized spacial score (nSPS) is 14.2. The van der Waals surface area contributed by atoms with Crippen molar-refractivity contribution in [2.45, 2.75) is 91.4 Å². The van der Waals surface area contributed by atoms with Gasteiger partial charge in [-0.25, -0.2) is 0 Å². The number of rotatable bonds is 4. The zero-order chi connectivity index (χ0) is 19.9. The molecule has 6 heteroatoms. The molecule has 0 saturated carbocycles. The average molecular weight is 642 g/mol. The van der Waals surface area contributed by atoms with Gasteiger partial charge in [0.2, 0.25) is 0 Å². The summed E-state index contributed by atoms with van der Waals surface area (Å²) in [5, 5.41) is 0.506. The van der Waals surface area contributed by atoms with Gasteiger partial charge in [0.1, 0.15) is 6.67 Å². The minimum Gasteiger partial charge on any atom is -1.00 e. The van der Waals surface area contributed by atoms with Crippen LogP contribution in [0.2, 0.25) is 0 Å². The molecular weight excluding hydrogens is 601 g/mol. The Morgan fingerprint density at radius 3 is 1.55 bits per heavy atom. The van der Waals surface area contributed by atoms with Gasteiger partial charge in [0.05, 0.1) is 0 Å². The van der Waals surface area contributed by atoms with Gasteiger partial charge < -0.3 is 34.4 Å². The predicted molar refractivity (Wildman–Crippen MR) is 121 cm³/mol. The third kappa shape index (κ3) is 7.42. The second-order valence-electron chi connectivity index (χ2n) is 9.95. The molecule has 2 nitrogen and oxygen atoms in total. The first-order valence-corrected chi connectivity index (χ1v) is 11.2. The second-order valence-corrected chi connectivity index (χ2v) is 13.7. The van der Waals surface area contributed by atoms with Crippen LogP contribution in [0, 0.1) is 6.67 Å². The Hall–Kier alpha value is 0.258. The summed E-state index contributed by atoms with van der Waals surface area (Å²) in [7, 11) is -0.361. The summed E-state index contributed by atoms with van der Waals surface area (Å²) < 4.78 is 2.48. The van der Waals surface area contributed by atoms with Crippen LogP contribution in [0.4, 0.5) is 5.69 Å². The summed E-state index contributed by atoms with van der Waals surface area (Å²) in [6.07, 6.45) is 4.53. The van der Waals surface area contributed by atoms with Crippen LogP contribution in [0.1, 0.15) is 93.6 Å². The minimum absolute atomic E-state index is 0. The minimum atomic E-state index is -0.361. The van der Waals surface area contributed by atoms with Gasteiger partial charge in [-0.3, -0.25) is 0 Å².